The van der Waals surface area contributed by atoms with Crippen LogP contribution in [0.2, 0.25) is 5.02 Å². The third-order valence-corrected chi connectivity index (χ3v) is 5.93. The van der Waals surface area contributed by atoms with E-state index in [2.05, 4.69) is 5.32 Å². The Labute approximate surface area is 181 Å². The number of carbonyl (C=O) groups excluding carboxylic acids is 1. The molecule has 1 fully saturated rings. The number of amides is 1. The van der Waals surface area contributed by atoms with E-state index in [-0.39, 0.29) is 5.91 Å². The van der Waals surface area contributed by atoms with Crippen molar-refractivity contribution in [1.29, 1.82) is 0 Å². The first-order chi connectivity index (χ1) is 14.6. The van der Waals surface area contributed by atoms with Crippen LogP contribution < -0.4 is 14.8 Å². The van der Waals surface area contributed by atoms with Crippen molar-refractivity contribution in [2.45, 2.75) is 31.1 Å². The van der Waals surface area contributed by atoms with E-state index in [9.17, 15) is 4.79 Å². The molecule has 0 bridgehead atoms. The van der Waals surface area contributed by atoms with Crippen molar-refractivity contribution in [3.63, 3.8) is 0 Å². The summed E-state index contributed by atoms with van der Waals surface area (Å²) in [5.41, 5.74) is 1.06. The highest BCUT2D eigenvalue weighted by atomic mass is 35.5. The number of nitrogens with one attached hydrogen (secondary N) is 1. The number of halogens is 1. The van der Waals surface area contributed by atoms with Gasteiger partial charge in [0.2, 0.25) is 5.91 Å². The molecule has 1 amide bonds. The Balaban J connectivity index is 1.66. The zero-order valence-electron chi connectivity index (χ0n) is 16.9. The topological polar surface area (TPSA) is 47.6 Å². The number of hydrogen-bond acceptors (Lipinski definition) is 3. The lowest BCUT2D eigenvalue weighted by molar-refractivity contribution is -0.121. The molecule has 0 unspecified atom stereocenters. The molecule has 30 heavy (non-hydrogen) atoms. The van der Waals surface area contributed by atoms with E-state index in [1.165, 1.54) is 0 Å². The molecule has 0 aromatic heterocycles. The van der Waals surface area contributed by atoms with E-state index in [0.29, 0.717) is 28.0 Å². The first kappa shape index (κ1) is 20.3. The minimum Gasteiger partial charge on any atom is -0.493 e. The normalized spacial score (nSPS) is 14.9. The molecular weight excluding hydrogens is 398 g/mol. The Morgan fingerprint density at radius 1 is 0.900 bits per heavy atom. The van der Waals surface area contributed by atoms with Crippen molar-refractivity contribution in [2.24, 2.45) is 0 Å². The summed E-state index contributed by atoms with van der Waals surface area (Å²) in [5.74, 6) is 1.66. The fourth-order valence-electron chi connectivity index (χ4n) is 4.13. The predicted octanol–water partition coefficient (Wildman–Crippen LogP) is 6.59. The molecule has 0 aliphatic heterocycles. The van der Waals surface area contributed by atoms with E-state index in [4.69, 9.17) is 21.1 Å². The lowest BCUT2D eigenvalue weighted by Crippen LogP contribution is -2.38. The molecule has 4 rings (SSSR count). The molecule has 1 aliphatic rings. The first-order valence-corrected chi connectivity index (χ1v) is 10.5. The third kappa shape index (κ3) is 4.01. The summed E-state index contributed by atoms with van der Waals surface area (Å²) in [6.45, 7) is 0. The van der Waals surface area contributed by atoms with E-state index in [1.54, 1.807) is 25.3 Å². The number of methoxy groups -OCH3 is 1. The highest BCUT2D eigenvalue weighted by Gasteiger charge is 2.42. The molecule has 1 saturated carbocycles. The van der Waals surface area contributed by atoms with Gasteiger partial charge in [0.1, 0.15) is 0 Å². The molecule has 1 N–H and O–H groups in total. The summed E-state index contributed by atoms with van der Waals surface area (Å²) < 4.78 is 11.5. The number of para-hydroxylation sites is 2. The van der Waals surface area contributed by atoms with Crippen LogP contribution in [0.3, 0.4) is 0 Å². The highest BCUT2D eigenvalue weighted by molar-refractivity contribution is 6.31. The monoisotopic (exact) mass is 421 g/mol. The van der Waals surface area contributed by atoms with Gasteiger partial charge in [0.25, 0.3) is 0 Å². The molecule has 3 aromatic carbocycles. The van der Waals surface area contributed by atoms with Gasteiger partial charge < -0.3 is 14.8 Å². The molecule has 5 heteroatoms. The standard InChI is InChI=1S/C25H24ClNO3/c1-29-22-11-5-6-12-23(22)30-21-14-13-19(26)17-20(21)27-24(28)25(15-7-8-16-25)18-9-3-2-4-10-18/h2-6,9-14,17H,7-8,15-16H2,1H3,(H,27,28). The Morgan fingerprint density at radius 2 is 1.57 bits per heavy atom. The van der Waals surface area contributed by atoms with Gasteiger partial charge in [-0.1, -0.05) is 66.9 Å². The number of carbonyl (C=O) groups is 1. The average molecular weight is 422 g/mol. The Kier molecular flexibility index (Phi) is 5.96. The van der Waals surface area contributed by atoms with Crippen LogP contribution in [-0.4, -0.2) is 13.0 Å². The number of anilines is 1. The predicted molar refractivity (Wildman–Crippen MR) is 120 cm³/mol. The van der Waals surface area contributed by atoms with Crippen LogP contribution in [-0.2, 0) is 10.2 Å². The van der Waals surface area contributed by atoms with Crippen molar-refractivity contribution < 1.29 is 14.3 Å². The van der Waals surface area contributed by atoms with Crippen LogP contribution in [0.1, 0.15) is 31.2 Å². The minimum atomic E-state index is -0.536. The highest BCUT2D eigenvalue weighted by Crippen LogP contribution is 2.43. The van der Waals surface area contributed by atoms with Crippen LogP contribution in [0.4, 0.5) is 5.69 Å². The van der Waals surface area contributed by atoms with E-state index < -0.39 is 5.41 Å². The lowest BCUT2D eigenvalue weighted by atomic mass is 9.78. The van der Waals surface area contributed by atoms with Gasteiger partial charge in [-0.05, 0) is 48.7 Å². The van der Waals surface area contributed by atoms with Gasteiger partial charge in [0, 0.05) is 5.02 Å². The van der Waals surface area contributed by atoms with Crippen molar-refractivity contribution in [1.82, 2.24) is 0 Å². The molecule has 4 nitrogen and oxygen atoms in total. The van der Waals surface area contributed by atoms with Gasteiger partial charge in [-0.3, -0.25) is 4.79 Å². The maximum absolute atomic E-state index is 13.5. The van der Waals surface area contributed by atoms with Crippen molar-refractivity contribution in [2.75, 3.05) is 12.4 Å². The summed E-state index contributed by atoms with van der Waals surface area (Å²) in [7, 11) is 1.59. The van der Waals surface area contributed by atoms with Gasteiger partial charge in [0.15, 0.2) is 17.2 Å². The molecule has 0 atom stereocenters. The number of rotatable bonds is 6. The Hall–Kier alpha value is -2.98. The maximum Gasteiger partial charge on any atom is 0.235 e. The van der Waals surface area contributed by atoms with Gasteiger partial charge in [-0.25, -0.2) is 0 Å². The fraction of sp³-hybridized carbons (Fsp3) is 0.240. The minimum absolute atomic E-state index is 0.0293. The van der Waals surface area contributed by atoms with E-state index in [1.807, 2.05) is 54.6 Å². The smallest absolute Gasteiger partial charge is 0.235 e. The fourth-order valence-corrected chi connectivity index (χ4v) is 4.31. The van der Waals surface area contributed by atoms with Crippen LogP contribution >= 0.6 is 11.6 Å². The second kappa shape index (κ2) is 8.80. The van der Waals surface area contributed by atoms with Crippen LogP contribution in [0.25, 0.3) is 0 Å². The molecule has 0 radical (unpaired) electrons. The number of benzene rings is 3. The summed E-state index contributed by atoms with van der Waals surface area (Å²) >= 11 is 6.24. The zero-order valence-corrected chi connectivity index (χ0v) is 17.6. The summed E-state index contributed by atoms with van der Waals surface area (Å²) in [4.78, 5) is 13.5. The SMILES string of the molecule is COc1ccccc1Oc1ccc(Cl)cc1NC(=O)C1(c2ccccc2)CCCC1. The molecule has 0 saturated heterocycles. The molecule has 154 valence electrons. The second-order valence-electron chi connectivity index (χ2n) is 7.50. The van der Waals surface area contributed by atoms with Crippen LogP contribution in [0, 0.1) is 0 Å². The third-order valence-electron chi connectivity index (χ3n) is 5.70. The van der Waals surface area contributed by atoms with Crippen molar-refractivity contribution in [3.8, 4) is 17.2 Å². The van der Waals surface area contributed by atoms with Crippen LogP contribution in [0.5, 0.6) is 17.2 Å². The quantitative estimate of drug-likeness (QED) is 0.488. The van der Waals surface area contributed by atoms with Gasteiger partial charge in [-0.2, -0.15) is 0 Å². The molecule has 3 aromatic rings. The Bertz CT molecular complexity index is 1030. The average Bonchev–Trinajstić information content (AvgIpc) is 3.28. The lowest BCUT2D eigenvalue weighted by Gasteiger charge is -2.28. The van der Waals surface area contributed by atoms with Crippen LogP contribution in [0.15, 0.2) is 72.8 Å². The number of hydrogen-bond donors (Lipinski definition) is 1. The zero-order chi connectivity index (χ0) is 21.0. The van der Waals surface area contributed by atoms with Gasteiger partial charge in [0.05, 0.1) is 18.2 Å². The second-order valence-corrected chi connectivity index (χ2v) is 7.94. The Morgan fingerprint density at radius 3 is 2.27 bits per heavy atom. The molecular formula is C25H24ClNO3. The number of ether oxygens (including phenoxy) is 2. The van der Waals surface area contributed by atoms with Crippen molar-refractivity contribution in [3.05, 3.63) is 83.4 Å². The maximum atomic E-state index is 13.5. The summed E-state index contributed by atoms with van der Waals surface area (Å²) in [5, 5.41) is 3.63. The molecule has 0 heterocycles. The molecule has 1 aliphatic carbocycles. The van der Waals surface area contributed by atoms with Gasteiger partial charge in [-0.15, -0.1) is 0 Å². The summed E-state index contributed by atoms with van der Waals surface area (Å²) in [6.07, 6.45) is 3.71. The molecule has 0 spiro atoms. The largest absolute Gasteiger partial charge is 0.493 e. The van der Waals surface area contributed by atoms with E-state index in [0.717, 1.165) is 31.2 Å². The van der Waals surface area contributed by atoms with Crippen molar-refractivity contribution >= 4 is 23.2 Å². The van der Waals surface area contributed by atoms with Gasteiger partial charge >= 0.3 is 0 Å². The first-order valence-electron chi connectivity index (χ1n) is 10.1. The van der Waals surface area contributed by atoms with E-state index >= 15 is 0 Å². The summed E-state index contributed by atoms with van der Waals surface area (Å²) in [6, 6.07) is 22.6.